The first kappa shape index (κ1) is 13.1. The van der Waals surface area contributed by atoms with E-state index in [1.54, 1.807) is 14.2 Å². The number of aliphatic imine (C=N–C) groups is 1. The van der Waals surface area contributed by atoms with Crippen molar-refractivity contribution < 1.29 is 9.47 Å². The van der Waals surface area contributed by atoms with Crippen LogP contribution in [0.15, 0.2) is 53.5 Å². The Morgan fingerprint density at radius 3 is 2.21 bits per heavy atom. The summed E-state index contributed by atoms with van der Waals surface area (Å²) in [5, 5.41) is 0. The first-order valence-corrected chi connectivity index (χ1v) is 6.06. The molecule has 19 heavy (non-hydrogen) atoms. The van der Waals surface area contributed by atoms with E-state index in [1.807, 2.05) is 55.5 Å². The summed E-state index contributed by atoms with van der Waals surface area (Å²) >= 11 is 0. The number of hydrogen-bond donors (Lipinski definition) is 0. The average molecular weight is 255 g/mol. The van der Waals surface area contributed by atoms with Crippen LogP contribution in [0.25, 0.3) is 0 Å². The van der Waals surface area contributed by atoms with Crippen LogP contribution in [0, 0.1) is 0 Å². The Morgan fingerprint density at radius 1 is 0.895 bits per heavy atom. The van der Waals surface area contributed by atoms with E-state index < -0.39 is 0 Å². The molecule has 0 aliphatic rings. The van der Waals surface area contributed by atoms with Gasteiger partial charge in [0.05, 0.1) is 19.9 Å². The van der Waals surface area contributed by atoms with E-state index in [4.69, 9.17) is 9.47 Å². The fourth-order valence-corrected chi connectivity index (χ4v) is 1.79. The predicted molar refractivity (Wildman–Crippen MR) is 77.9 cm³/mol. The van der Waals surface area contributed by atoms with Gasteiger partial charge < -0.3 is 9.47 Å². The summed E-state index contributed by atoms with van der Waals surface area (Å²) in [5.41, 5.74) is 2.86. The number of methoxy groups -OCH3 is 2. The van der Waals surface area contributed by atoms with E-state index in [1.165, 1.54) is 0 Å². The van der Waals surface area contributed by atoms with E-state index >= 15 is 0 Å². The van der Waals surface area contributed by atoms with Crippen LogP contribution in [0.4, 0.5) is 5.69 Å². The van der Waals surface area contributed by atoms with Crippen LogP contribution >= 0.6 is 0 Å². The third-order valence-electron chi connectivity index (χ3n) is 2.84. The van der Waals surface area contributed by atoms with Crippen molar-refractivity contribution in [2.24, 2.45) is 4.99 Å². The van der Waals surface area contributed by atoms with Gasteiger partial charge in [0.2, 0.25) is 0 Å². The minimum atomic E-state index is 0.805. The minimum Gasteiger partial charge on any atom is -0.497 e. The van der Waals surface area contributed by atoms with Crippen molar-refractivity contribution in [2.45, 2.75) is 6.92 Å². The standard InChI is InChI=1S/C16H17NO2/c1-12(13-6-4-8-15(10-13)18-2)17-14-7-5-9-16(11-14)19-3/h4-11H,1-3H3. The molecule has 0 aliphatic heterocycles. The molecule has 0 unspecified atom stereocenters. The summed E-state index contributed by atoms with van der Waals surface area (Å²) in [6.07, 6.45) is 0. The maximum atomic E-state index is 5.22. The van der Waals surface area contributed by atoms with Crippen LogP contribution in [-0.2, 0) is 0 Å². The molecular weight excluding hydrogens is 238 g/mol. The highest BCUT2D eigenvalue weighted by atomic mass is 16.5. The number of hydrogen-bond acceptors (Lipinski definition) is 3. The Hall–Kier alpha value is -2.29. The van der Waals surface area contributed by atoms with Gasteiger partial charge in [-0.25, -0.2) is 0 Å². The van der Waals surface area contributed by atoms with E-state index in [0.717, 1.165) is 28.5 Å². The third kappa shape index (κ3) is 3.35. The Balaban J connectivity index is 2.30. The van der Waals surface area contributed by atoms with Crippen molar-refractivity contribution >= 4 is 11.4 Å². The van der Waals surface area contributed by atoms with Crippen molar-refractivity contribution in [3.8, 4) is 11.5 Å². The van der Waals surface area contributed by atoms with Crippen LogP contribution in [-0.4, -0.2) is 19.9 Å². The second-order valence-corrected chi connectivity index (χ2v) is 4.13. The summed E-state index contributed by atoms with van der Waals surface area (Å²) < 4.78 is 10.4. The zero-order valence-corrected chi connectivity index (χ0v) is 11.4. The molecule has 0 aliphatic carbocycles. The number of ether oxygens (including phenoxy) is 2. The molecule has 0 amide bonds. The normalized spacial score (nSPS) is 11.2. The molecule has 2 aromatic rings. The molecule has 3 nitrogen and oxygen atoms in total. The van der Waals surface area contributed by atoms with Crippen molar-refractivity contribution in [3.63, 3.8) is 0 Å². The van der Waals surface area contributed by atoms with Crippen molar-refractivity contribution in [1.82, 2.24) is 0 Å². The van der Waals surface area contributed by atoms with E-state index in [-0.39, 0.29) is 0 Å². The lowest BCUT2D eigenvalue weighted by atomic mass is 10.1. The lowest BCUT2D eigenvalue weighted by Crippen LogP contribution is -1.94. The molecule has 3 heteroatoms. The highest BCUT2D eigenvalue weighted by molar-refractivity contribution is 6.00. The van der Waals surface area contributed by atoms with Gasteiger partial charge in [0, 0.05) is 11.8 Å². The summed E-state index contributed by atoms with van der Waals surface area (Å²) in [4.78, 5) is 4.59. The number of benzene rings is 2. The topological polar surface area (TPSA) is 30.8 Å². The monoisotopic (exact) mass is 255 g/mol. The van der Waals surface area contributed by atoms with Gasteiger partial charge in [-0.2, -0.15) is 0 Å². The lowest BCUT2D eigenvalue weighted by molar-refractivity contribution is 0.414. The SMILES string of the molecule is COc1cccc(N=C(C)c2cccc(OC)c2)c1. The largest absolute Gasteiger partial charge is 0.497 e. The molecule has 98 valence electrons. The van der Waals surface area contributed by atoms with Gasteiger partial charge in [-0.05, 0) is 36.8 Å². The van der Waals surface area contributed by atoms with Crippen molar-refractivity contribution in [1.29, 1.82) is 0 Å². The molecule has 0 heterocycles. The van der Waals surface area contributed by atoms with Gasteiger partial charge in [-0.1, -0.05) is 18.2 Å². The highest BCUT2D eigenvalue weighted by Crippen LogP contribution is 2.21. The van der Waals surface area contributed by atoms with Crippen molar-refractivity contribution in [2.75, 3.05) is 14.2 Å². The fourth-order valence-electron chi connectivity index (χ4n) is 1.79. The summed E-state index contributed by atoms with van der Waals surface area (Å²) in [7, 11) is 3.31. The van der Waals surface area contributed by atoms with Gasteiger partial charge in [-0.15, -0.1) is 0 Å². The molecule has 0 radical (unpaired) electrons. The molecule has 0 aromatic heterocycles. The number of rotatable bonds is 4. The molecular formula is C16H17NO2. The second-order valence-electron chi connectivity index (χ2n) is 4.13. The molecule has 0 N–H and O–H groups in total. The Bertz CT molecular complexity index is 591. The summed E-state index contributed by atoms with van der Waals surface area (Å²) in [5.74, 6) is 1.64. The average Bonchev–Trinajstić information content (AvgIpc) is 2.47. The van der Waals surface area contributed by atoms with E-state index in [9.17, 15) is 0 Å². The van der Waals surface area contributed by atoms with Gasteiger partial charge in [-0.3, -0.25) is 4.99 Å². The van der Waals surface area contributed by atoms with Gasteiger partial charge in [0.1, 0.15) is 11.5 Å². The molecule has 0 spiro atoms. The first-order valence-electron chi connectivity index (χ1n) is 6.06. The summed E-state index contributed by atoms with van der Waals surface area (Å²) in [6.45, 7) is 1.98. The van der Waals surface area contributed by atoms with Gasteiger partial charge in [0.15, 0.2) is 0 Å². The molecule has 2 aromatic carbocycles. The molecule has 2 rings (SSSR count). The van der Waals surface area contributed by atoms with Crippen molar-refractivity contribution in [3.05, 3.63) is 54.1 Å². The smallest absolute Gasteiger partial charge is 0.121 e. The molecule has 0 atom stereocenters. The Kier molecular flexibility index (Phi) is 4.18. The zero-order valence-electron chi connectivity index (χ0n) is 11.4. The van der Waals surface area contributed by atoms with Gasteiger partial charge >= 0.3 is 0 Å². The Morgan fingerprint density at radius 2 is 1.53 bits per heavy atom. The first-order chi connectivity index (χ1) is 9.22. The maximum Gasteiger partial charge on any atom is 0.121 e. The second kappa shape index (κ2) is 6.05. The van der Waals surface area contributed by atoms with Crippen LogP contribution in [0.1, 0.15) is 12.5 Å². The zero-order chi connectivity index (χ0) is 13.7. The van der Waals surface area contributed by atoms with Crippen LogP contribution < -0.4 is 9.47 Å². The lowest BCUT2D eigenvalue weighted by Gasteiger charge is -2.05. The predicted octanol–water partition coefficient (Wildman–Crippen LogP) is 3.84. The highest BCUT2D eigenvalue weighted by Gasteiger charge is 2.00. The van der Waals surface area contributed by atoms with Crippen LogP contribution in [0.2, 0.25) is 0 Å². The molecule has 0 fully saturated rings. The van der Waals surface area contributed by atoms with Gasteiger partial charge in [0.25, 0.3) is 0 Å². The molecule has 0 saturated carbocycles. The van der Waals surface area contributed by atoms with E-state index in [2.05, 4.69) is 4.99 Å². The quantitative estimate of drug-likeness (QED) is 0.777. The number of nitrogens with zero attached hydrogens (tertiary/aromatic N) is 1. The third-order valence-corrected chi connectivity index (χ3v) is 2.84. The Labute approximate surface area is 113 Å². The molecule has 0 bridgehead atoms. The van der Waals surface area contributed by atoms with Crippen LogP contribution in [0.5, 0.6) is 11.5 Å². The molecule has 0 saturated heterocycles. The summed E-state index contributed by atoms with van der Waals surface area (Å²) in [6, 6.07) is 15.5. The fraction of sp³-hybridized carbons (Fsp3) is 0.188. The van der Waals surface area contributed by atoms with E-state index in [0.29, 0.717) is 0 Å². The maximum absolute atomic E-state index is 5.22. The minimum absolute atomic E-state index is 0.805. The van der Waals surface area contributed by atoms with Crippen LogP contribution in [0.3, 0.4) is 0 Å².